The SMILES string of the molecule is CC(C)NN(C(N)=O)C(C)C. The van der Waals surface area contributed by atoms with Crippen molar-refractivity contribution in [1.82, 2.24) is 10.4 Å². The van der Waals surface area contributed by atoms with Gasteiger partial charge in [0.05, 0.1) is 0 Å². The predicted octanol–water partition coefficient (Wildman–Crippen LogP) is 0.689. The molecular formula is C7H17N3O. The van der Waals surface area contributed by atoms with E-state index in [1.165, 1.54) is 5.01 Å². The fourth-order valence-corrected chi connectivity index (χ4v) is 0.745. The molecule has 4 nitrogen and oxygen atoms in total. The van der Waals surface area contributed by atoms with Gasteiger partial charge in [-0.3, -0.25) is 5.01 Å². The second-order valence-corrected chi connectivity index (χ2v) is 3.09. The highest BCUT2D eigenvalue weighted by Gasteiger charge is 2.13. The smallest absolute Gasteiger partial charge is 0.329 e. The van der Waals surface area contributed by atoms with Crippen molar-refractivity contribution in [3.8, 4) is 0 Å². The summed E-state index contributed by atoms with van der Waals surface area (Å²) in [5, 5.41) is 1.42. The van der Waals surface area contributed by atoms with E-state index in [-0.39, 0.29) is 12.1 Å². The van der Waals surface area contributed by atoms with Crippen LogP contribution in [0.1, 0.15) is 27.7 Å². The van der Waals surface area contributed by atoms with Crippen LogP contribution in [0.5, 0.6) is 0 Å². The molecule has 4 heteroatoms. The molecular weight excluding hydrogens is 142 g/mol. The second-order valence-electron chi connectivity index (χ2n) is 3.09. The lowest BCUT2D eigenvalue weighted by Crippen LogP contribution is -2.52. The molecule has 0 spiro atoms. The van der Waals surface area contributed by atoms with Crippen molar-refractivity contribution < 1.29 is 4.79 Å². The third-order valence-electron chi connectivity index (χ3n) is 1.15. The van der Waals surface area contributed by atoms with Crippen LogP contribution >= 0.6 is 0 Å². The van der Waals surface area contributed by atoms with Crippen LogP contribution in [-0.2, 0) is 0 Å². The van der Waals surface area contributed by atoms with Gasteiger partial charge >= 0.3 is 6.03 Å². The quantitative estimate of drug-likeness (QED) is 0.595. The number of nitrogens with one attached hydrogen (secondary N) is 1. The standard InChI is InChI=1S/C7H17N3O/c1-5(2)9-10(6(3)4)7(8)11/h5-6,9H,1-4H3,(H2,8,11). The first-order chi connectivity index (χ1) is 4.95. The third-order valence-corrected chi connectivity index (χ3v) is 1.15. The molecule has 0 fully saturated rings. The van der Waals surface area contributed by atoms with E-state index in [1.54, 1.807) is 0 Å². The van der Waals surface area contributed by atoms with E-state index in [0.29, 0.717) is 0 Å². The summed E-state index contributed by atoms with van der Waals surface area (Å²) >= 11 is 0. The van der Waals surface area contributed by atoms with Gasteiger partial charge in [0.25, 0.3) is 0 Å². The Labute approximate surface area is 67.7 Å². The number of carbonyl (C=O) groups excluding carboxylic acids is 1. The Morgan fingerprint density at radius 3 is 1.91 bits per heavy atom. The molecule has 66 valence electrons. The molecule has 0 unspecified atom stereocenters. The van der Waals surface area contributed by atoms with E-state index in [0.717, 1.165) is 0 Å². The summed E-state index contributed by atoms with van der Waals surface area (Å²) in [6.07, 6.45) is 0. The van der Waals surface area contributed by atoms with Gasteiger partial charge in [0.2, 0.25) is 0 Å². The highest BCUT2D eigenvalue weighted by molar-refractivity contribution is 5.71. The van der Waals surface area contributed by atoms with Crippen LogP contribution in [0.15, 0.2) is 0 Å². The highest BCUT2D eigenvalue weighted by atomic mass is 16.2. The van der Waals surface area contributed by atoms with Gasteiger partial charge in [-0.1, -0.05) is 0 Å². The minimum atomic E-state index is -0.436. The minimum absolute atomic E-state index is 0.0925. The van der Waals surface area contributed by atoms with Crippen LogP contribution in [0.25, 0.3) is 0 Å². The van der Waals surface area contributed by atoms with Gasteiger partial charge in [-0.25, -0.2) is 10.2 Å². The molecule has 0 heterocycles. The molecule has 0 saturated heterocycles. The molecule has 0 aliphatic rings. The lowest BCUT2D eigenvalue weighted by Gasteiger charge is -2.27. The topological polar surface area (TPSA) is 58.4 Å². The van der Waals surface area contributed by atoms with Gasteiger partial charge in [0, 0.05) is 12.1 Å². The van der Waals surface area contributed by atoms with Crippen molar-refractivity contribution in [1.29, 1.82) is 0 Å². The Morgan fingerprint density at radius 2 is 1.82 bits per heavy atom. The Morgan fingerprint density at radius 1 is 1.36 bits per heavy atom. The molecule has 0 aliphatic carbocycles. The molecule has 11 heavy (non-hydrogen) atoms. The van der Waals surface area contributed by atoms with Gasteiger partial charge < -0.3 is 5.73 Å². The maximum atomic E-state index is 10.8. The summed E-state index contributed by atoms with van der Waals surface area (Å²) in [7, 11) is 0. The molecule has 0 rings (SSSR count). The zero-order valence-corrected chi connectivity index (χ0v) is 7.59. The van der Waals surface area contributed by atoms with Crippen molar-refractivity contribution in [2.45, 2.75) is 39.8 Å². The fraction of sp³-hybridized carbons (Fsp3) is 0.857. The number of hydrazine groups is 1. The molecule has 0 aromatic carbocycles. The van der Waals surface area contributed by atoms with Crippen molar-refractivity contribution in [3.05, 3.63) is 0 Å². The molecule has 0 atom stereocenters. The number of nitrogens with zero attached hydrogens (tertiary/aromatic N) is 1. The second kappa shape index (κ2) is 4.18. The maximum absolute atomic E-state index is 10.8. The Hall–Kier alpha value is -0.770. The average molecular weight is 159 g/mol. The number of hydrogen-bond acceptors (Lipinski definition) is 2. The molecule has 0 saturated carbocycles. The Bertz CT molecular complexity index is 134. The molecule has 3 N–H and O–H groups in total. The maximum Gasteiger partial charge on any atom is 0.329 e. The van der Waals surface area contributed by atoms with Crippen LogP contribution < -0.4 is 11.2 Å². The van der Waals surface area contributed by atoms with Crippen LogP contribution in [0.2, 0.25) is 0 Å². The summed E-state index contributed by atoms with van der Waals surface area (Å²) in [6, 6.07) is -0.117. The van der Waals surface area contributed by atoms with Crippen LogP contribution in [0, 0.1) is 0 Å². The average Bonchev–Trinajstić information content (AvgIpc) is 1.81. The minimum Gasteiger partial charge on any atom is -0.350 e. The van der Waals surface area contributed by atoms with Crippen molar-refractivity contribution in [3.63, 3.8) is 0 Å². The van der Waals surface area contributed by atoms with Crippen LogP contribution in [-0.4, -0.2) is 23.1 Å². The third kappa shape index (κ3) is 3.83. The number of carbonyl (C=O) groups is 1. The van der Waals surface area contributed by atoms with E-state index >= 15 is 0 Å². The van der Waals surface area contributed by atoms with Crippen molar-refractivity contribution in [2.75, 3.05) is 0 Å². The van der Waals surface area contributed by atoms with Gasteiger partial charge in [0.1, 0.15) is 0 Å². The van der Waals surface area contributed by atoms with Gasteiger partial charge in [-0.15, -0.1) is 0 Å². The van der Waals surface area contributed by atoms with Gasteiger partial charge in [-0.2, -0.15) is 0 Å². The first kappa shape index (κ1) is 10.2. The molecule has 2 amide bonds. The number of primary amides is 1. The Kier molecular flexibility index (Phi) is 3.89. The summed E-state index contributed by atoms with van der Waals surface area (Å²) in [5.74, 6) is 0. The molecule has 0 bridgehead atoms. The molecule has 0 aliphatic heterocycles. The number of rotatable bonds is 3. The monoisotopic (exact) mass is 159 g/mol. The van der Waals surface area contributed by atoms with Crippen molar-refractivity contribution >= 4 is 6.03 Å². The zero-order valence-electron chi connectivity index (χ0n) is 7.59. The van der Waals surface area contributed by atoms with E-state index in [1.807, 2.05) is 27.7 Å². The predicted molar refractivity (Wildman–Crippen MR) is 44.8 cm³/mol. The first-order valence-corrected chi connectivity index (χ1v) is 3.80. The normalized spacial score (nSPS) is 10.7. The van der Waals surface area contributed by atoms with E-state index < -0.39 is 6.03 Å². The number of hydrogen-bond donors (Lipinski definition) is 2. The Balaban J connectivity index is 4.01. The lowest BCUT2D eigenvalue weighted by molar-refractivity contribution is 0.147. The van der Waals surface area contributed by atoms with Crippen molar-refractivity contribution in [2.24, 2.45) is 5.73 Å². The molecule has 0 radical (unpaired) electrons. The summed E-state index contributed by atoms with van der Waals surface area (Å²) in [4.78, 5) is 10.8. The number of urea groups is 1. The lowest BCUT2D eigenvalue weighted by atomic mass is 10.4. The zero-order chi connectivity index (χ0) is 9.02. The van der Waals surface area contributed by atoms with E-state index in [2.05, 4.69) is 5.43 Å². The van der Waals surface area contributed by atoms with E-state index in [4.69, 9.17) is 5.73 Å². The summed E-state index contributed by atoms with van der Waals surface area (Å²) in [6.45, 7) is 7.72. The number of amides is 2. The van der Waals surface area contributed by atoms with Gasteiger partial charge in [-0.05, 0) is 27.7 Å². The summed E-state index contributed by atoms with van der Waals surface area (Å²) < 4.78 is 0. The van der Waals surface area contributed by atoms with Gasteiger partial charge in [0.15, 0.2) is 0 Å². The van der Waals surface area contributed by atoms with E-state index in [9.17, 15) is 4.79 Å². The molecule has 0 aromatic heterocycles. The largest absolute Gasteiger partial charge is 0.350 e. The molecule has 0 aromatic rings. The summed E-state index contributed by atoms with van der Waals surface area (Å²) in [5.41, 5.74) is 8.05. The number of nitrogens with two attached hydrogens (primary N) is 1. The highest BCUT2D eigenvalue weighted by Crippen LogP contribution is 1.94. The first-order valence-electron chi connectivity index (χ1n) is 3.80. The fourth-order valence-electron chi connectivity index (χ4n) is 0.745. The van der Waals surface area contributed by atoms with Crippen LogP contribution in [0.4, 0.5) is 4.79 Å². The van der Waals surface area contributed by atoms with Crippen LogP contribution in [0.3, 0.4) is 0 Å².